The standard InChI is InChI=1S/C21H27N/c1-2-3-4-16-5-10-21-14-20(12-11-19(21)13-16)18-8-6-17(15-22)7-9-18/h2,6-9,16,19-21H,1,3-5,10-14H2. The van der Waals surface area contributed by atoms with Gasteiger partial charge in [-0.2, -0.15) is 5.26 Å². The van der Waals surface area contributed by atoms with E-state index >= 15 is 0 Å². The number of hydrogen-bond donors (Lipinski definition) is 0. The Morgan fingerprint density at radius 1 is 1.05 bits per heavy atom. The summed E-state index contributed by atoms with van der Waals surface area (Å²) < 4.78 is 0. The Hall–Kier alpha value is -1.55. The van der Waals surface area contributed by atoms with Crippen LogP contribution in [0.3, 0.4) is 0 Å². The third-order valence-electron chi connectivity index (χ3n) is 6.01. The van der Waals surface area contributed by atoms with Gasteiger partial charge in [0.2, 0.25) is 0 Å². The molecule has 0 bridgehead atoms. The average molecular weight is 293 g/mol. The molecule has 0 saturated heterocycles. The molecule has 0 aliphatic heterocycles. The SMILES string of the molecule is C=CCCC1CCC2CC(c3ccc(C#N)cc3)CCC2C1. The summed E-state index contributed by atoms with van der Waals surface area (Å²) in [5, 5.41) is 8.92. The van der Waals surface area contributed by atoms with Crippen molar-refractivity contribution in [1.82, 2.24) is 0 Å². The van der Waals surface area contributed by atoms with Crippen LogP contribution in [0.2, 0.25) is 0 Å². The maximum absolute atomic E-state index is 8.92. The van der Waals surface area contributed by atoms with Crippen LogP contribution >= 0.6 is 0 Å². The molecule has 4 atom stereocenters. The summed E-state index contributed by atoms with van der Waals surface area (Å²) in [5.41, 5.74) is 2.23. The fraction of sp³-hybridized carbons (Fsp3) is 0.571. The van der Waals surface area contributed by atoms with Crippen molar-refractivity contribution >= 4 is 0 Å². The normalized spacial score (nSPS) is 31.0. The smallest absolute Gasteiger partial charge is 0.0991 e. The molecule has 4 unspecified atom stereocenters. The highest BCUT2D eigenvalue weighted by Gasteiger charge is 2.35. The highest BCUT2D eigenvalue weighted by atomic mass is 14.4. The Labute approximate surface area is 135 Å². The molecule has 3 rings (SSSR count). The summed E-state index contributed by atoms with van der Waals surface area (Å²) in [4.78, 5) is 0. The number of fused-ring (bicyclic) bond motifs is 1. The number of benzene rings is 1. The Balaban J connectivity index is 1.58. The number of nitrogens with zero attached hydrogens (tertiary/aromatic N) is 1. The second-order valence-corrected chi connectivity index (χ2v) is 7.31. The second-order valence-electron chi connectivity index (χ2n) is 7.31. The number of hydrogen-bond acceptors (Lipinski definition) is 1. The van der Waals surface area contributed by atoms with Crippen molar-refractivity contribution in [2.45, 2.75) is 57.3 Å². The molecule has 116 valence electrons. The molecule has 0 radical (unpaired) electrons. The summed E-state index contributed by atoms with van der Waals surface area (Å²) in [6.45, 7) is 3.86. The number of rotatable bonds is 4. The zero-order valence-electron chi connectivity index (χ0n) is 13.5. The van der Waals surface area contributed by atoms with Gasteiger partial charge in [0.1, 0.15) is 0 Å². The number of allylic oxidation sites excluding steroid dienone is 1. The molecule has 1 nitrogen and oxygen atoms in total. The van der Waals surface area contributed by atoms with E-state index in [4.69, 9.17) is 5.26 Å². The first-order valence-electron chi connectivity index (χ1n) is 8.91. The van der Waals surface area contributed by atoms with Crippen LogP contribution in [0.1, 0.15) is 68.4 Å². The second kappa shape index (κ2) is 7.14. The summed E-state index contributed by atoms with van der Waals surface area (Å²) in [6, 6.07) is 10.5. The molecule has 0 heterocycles. The van der Waals surface area contributed by atoms with Crippen LogP contribution in [0.15, 0.2) is 36.9 Å². The van der Waals surface area contributed by atoms with Crippen molar-refractivity contribution in [2.75, 3.05) is 0 Å². The summed E-state index contributed by atoms with van der Waals surface area (Å²) >= 11 is 0. The maximum Gasteiger partial charge on any atom is 0.0991 e. The zero-order chi connectivity index (χ0) is 15.4. The predicted molar refractivity (Wildman–Crippen MR) is 91.5 cm³/mol. The summed E-state index contributed by atoms with van der Waals surface area (Å²) in [7, 11) is 0. The van der Waals surface area contributed by atoms with E-state index in [2.05, 4.69) is 30.9 Å². The summed E-state index contributed by atoms with van der Waals surface area (Å²) in [5.74, 6) is 3.58. The topological polar surface area (TPSA) is 23.8 Å². The van der Waals surface area contributed by atoms with E-state index in [1.54, 1.807) is 0 Å². The fourth-order valence-electron chi connectivity index (χ4n) is 4.73. The van der Waals surface area contributed by atoms with Gasteiger partial charge in [-0.1, -0.05) is 24.6 Å². The Morgan fingerprint density at radius 3 is 2.50 bits per heavy atom. The highest BCUT2D eigenvalue weighted by Crippen LogP contribution is 2.48. The van der Waals surface area contributed by atoms with Crippen molar-refractivity contribution in [3.05, 3.63) is 48.0 Å². The van der Waals surface area contributed by atoms with Crippen LogP contribution in [0.5, 0.6) is 0 Å². The van der Waals surface area contributed by atoms with Crippen molar-refractivity contribution in [3.63, 3.8) is 0 Å². The summed E-state index contributed by atoms with van der Waals surface area (Å²) in [6.07, 6.45) is 13.0. The van der Waals surface area contributed by atoms with Crippen LogP contribution in [0.4, 0.5) is 0 Å². The van der Waals surface area contributed by atoms with Crippen LogP contribution in [-0.2, 0) is 0 Å². The maximum atomic E-state index is 8.92. The van der Waals surface area contributed by atoms with Gasteiger partial charge in [0, 0.05) is 0 Å². The van der Waals surface area contributed by atoms with Gasteiger partial charge in [-0.05, 0) is 86.3 Å². The highest BCUT2D eigenvalue weighted by molar-refractivity contribution is 5.33. The molecule has 2 fully saturated rings. The molecule has 2 aliphatic carbocycles. The molecular formula is C21H27N. The lowest BCUT2D eigenvalue weighted by Crippen LogP contribution is -2.30. The van der Waals surface area contributed by atoms with Gasteiger partial charge >= 0.3 is 0 Å². The molecule has 0 spiro atoms. The van der Waals surface area contributed by atoms with Crippen molar-refractivity contribution in [3.8, 4) is 6.07 Å². The van der Waals surface area contributed by atoms with E-state index in [-0.39, 0.29) is 0 Å². The molecule has 1 aromatic rings. The first-order chi connectivity index (χ1) is 10.8. The van der Waals surface area contributed by atoms with Gasteiger partial charge in [0.15, 0.2) is 0 Å². The van der Waals surface area contributed by atoms with E-state index in [0.29, 0.717) is 0 Å². The van der Waals surface area contributed by atoms with Crippen LogP contribution < -0.4 is 0 Å². The van der Waals surface area contributed by atoms with Gasteiger partial charge in [0.25, 0.3) is 0 Å². The van der Waals surface area contributed by atoms with Gasteiger partial charge in [-0.25, -0.2) is 0 Å². The Morgan fingerprint density at radius 2 is 1.77 bits per heavy atom. The number of nitriles is 1. The quantitative estimate of drug-likeness (QED) is 0.641. The molecule has 1 heteroatoms. The molecule has 0 N–H and O–H groups in total. The van der Waals surface area contributed by atoms with Crippen molar-refractivity contribution < 1.29 is 0 Å². The third-order valence-corrected chi connectivity index (χ3v) is 6.01. The lowest BCUT2D eigenvalue weighted by molar-refractivity contribution is 0.115. The van der Waals surface area contributed by atoms with E-state index in [1.807, 2.05) is 12.1 Å². The predicted octanol–water partition coefficient (Wildman–Crippen LogP) is 5.82. The van der Waals surface area contributed by atoms with Crippen LogP contribution in [0, 0.1) is 29.1 Å². The van der Waals surface area contributed by atoms with E-state index in [1.165, 1.54) is 56.9 Å². The molecule has 0 aromatic heterocycles. The largest absolute Gasteiger partial charge is 0.192 e. The van der Waals surface area contributed by atoms with Gasteiger partial charge in [-0.15, -0.1) is 6.58 Å². The van der Waals surface area contributed by atoms with Crippen molar-refractivity contribution in [2.24, 2.45) is 17.8 Å². The third kappa shape index (κ3) is 3.43. The van der Waals surface area contributed by atoms with Gasteiger partial charge < -0.3 is 0 Å². The molecule has 2 saturated carbocycles. The lowest BCUT2D eigenvalue weighted by Gasteiger charge is -2.42. The first-order valence-corrected chi connectivity index (χ1v) is 8.91. The minimum atomic E-state index is 0.721. The average Bonchev–Trinajstić information content (AvgIpc) is 2.59. The monoisotopic (exact) mass is 293 g/mol. The molecule has 2 aliphatic rings. The molecular weight excluding hydrogens is 266 g/mol. The van der Waals surface area contributed by atoms with Gasteiger partial charge in [0.05, 0.1) is 11.6 Å². The van der Waals surface area contributed by atoms with E-state index in [0.717, 1.165) is 29.2 Å². The van der Waals surface area contributed by atoms with E-state index < -0.39 is 0 Å². The van der Waals surface area contributed by atoms with Crippen LogP contribution in [0.25, 0.3) is 0 Å². The molecule has 1 aromatic carbocycles. The minimum Gasteiger partial charge on any atom is -0.192 e. The van der Waals surface area contributed by atoms with Crippen molar-refractivity contribution in [1.29, 1.82) is 5.26 Å². The Kier molecular flexibility index (Phi) is 4.98. The first kappa shape index (κ1) is 15.3. The van der Waals surface area contributed by atoms with Gasteiger partial charge in [-0.3, -0.25) is 0 Å². The zero-order valence-corrected chi connectivity index (χ0v) is 13.5. The lowest BCUT2D eigenvalue weighted by atomic mass is 9.63. The molecule has 0 amide bonds. The van der Waals surface area contributed by atoms with E-state index in [9.17, 15) is 0 Å². The van der Waals surface area contributed by atoms with Crippen LogP contribution in [-0.4, -0.2) is 0 Å². The fourth-order valence-corrected chi connectivity index (χ4v) is 4.73. The minimum absolute atomic E-state index is 0.721. The molecule has 22 heavy (non-hydrogen) atoms. The Bertz CT molecular complexity index is 536.